The van der Waals surface area contributed by atoms with Crippen molar-refractivity contribution in [3.05, 3.63) is 63.6 Å². The number of rotatable bonds is 4. The van der Waals surface area contributed by atoms with Gasteiger partial charge in [-0.15, -0.1) is 16.4 Å². The molecule has 0 atom stereocenters. The molecule has 3 heterocycles. The molecule has 0 aliphatic rings. The molecule has 2 aromatic carbocycles. The molecule has 0 fully saturated rings. The van der Waals surface area contributed by atoms with E-state index in [2.05, 4.69) is 20.6 Å². The molecule has 3 aromatic heterocycles. The Morgan fingerprint density at radius 1 is 1.23 bits per heavy atom. The molecule has 0 aliphatic heterocycles. The number of nitrogens with one attached hydrogen (secondary N) is 1. The van der Waals surface area contributed by atoms with Crippen LogP contribution in [0.1, 0.15) is 16.8 Å². The number of carbonyl (C=O) groups excluding carboxylic acids is 1. The maximum Gasteiger partial charge on any atom is 0.250 e. The Bertz CT molecular complexity index is 1400. The summed E-state index contributed by atoms with van der Waals surface area (Å²) in [4.78, 5) is 17.7. The van der Waals surface area contributed by atoms with Crippen LogP contribution in [0.3, 0.4) is 0 Å². The SMILES string of the molecule is Cc1cc(C)c2onc(CC(=O)Nc3nc4scc(-c5ccc(Cl)cc5)n4n3)c2c1. The number of hydrogen-bond donors (Lipinski definition) is 1. The summed E-state index contributed by atoms with van der Waals surface area (Å²) >= 11 is 7.42. The number of anilines is 1. The third-order valence-corrected chi connectivity index (χ3v) is 5.85. The number of aryl methyl sites for hydroxylation is 2. The number of aromatic nitrogens is 4. The van der Waals surface area contributed by atoms with Crippen molar-refractivity contribution in [2.24, 2.45) is 0 Å². The molecule has 150 valence electrons. The molecule has 1 amide bonds. The zero-order chi connectivity index (χ0) is 20.8. The lowest BCUT2D eigenvalue weighted by atomic mass is 10.1. The van der Waals surface area contributed by atoms with Crippen molar-refractivity contribution in [3.8, 4) is 11.3 Å². The van der Waals surface area contributed by atoms with Gasteiger partial charge in [-0.3, -0.25) is 10.1 Å². The fourth-order valence-corrected chi connectivity index (χ4v) is 4.40. The fraction of sp³-hybridized carbons (Fsp3) is 0.143. The number of fused-ring (bicyclic) bond motifs is 2. The first-order chi connectivity index (χ1) is 14.5. The quantitative estimate of drug-likeness (QED) is 0.425. The van der Waals surface area contributed by atoms with E-state index in [1.807, 2.05) is 55.6 Å². The normalized spacial score (nSPS) is 11.4. The molecule has 5 aromatic rings. The monoisotopic (exact) mass is 437 g/mol. The highest BCUT2D eigenvalue weighted by Crippen LogP contribution is 2.27. The smallest absolute Gasteiger partial charge is 0.250 e. The van der Waals surface area contributed by atoms with E-state index in [9.17, 15) is 4.79 Å². The van der Waals surface area contributed by atoms with Crippen molar-refractivity contribution in [2.75, 3.05) is 5.32 Å². The maximum absolute atomic E-state index is 12.6. The van der Waals surface area contributed by atoms with Crippen molar-refractivity contribution in [2.45, 2.75) is 20.3 Å². The van der Waals surface area contributed by atoms with Crippen LogP contribution in [-0.4, -0.2) is 25.7 Å². The molecule has 1 N–H and O–H groups in total. The van der Waals surface area contributed by atoms with Gasteiger partial charge in [0.25, 0.3) is 0 Å². The van der Waals surface area contributed by atoms with Crippen LogP contribution in [0.2, 0.25) is 5.02 Å². The molecule has 0 spiro atoms. The summed E-state index contributed by atoms with van der Waals surface area (Å²) in [5, 5.41) is 14.8. The molecule has 9 heteroatoms. The number of halogens is 1. The van der Waals surface area contributed by atoms with Crippen LogP contribution in [-0.2, 0) is 11.2 Å². The van der Waals surface area contributed by atoms with Crippen molar-refractivity contribution in [1.82, 2.24) is 19.8 Å². The van der Waals surface area contributed by atoms with E-state index >= 15 is 0 Å². The third kappa shape index (κ3) is 3.34. The first-order valence-electron chi connectivity index (χ1n) is 9.23. The summed E-state index contributed by atoms with van der Waals surface area (Å²) in [6.45, 7) is 3.97. The van der Waals surface area contributed by atoms with Crippen LogP contribution in [0, 0.1) is 13.8 Å². The van der Waals surface area contributed by atoms with Gasteiger partial charge in [0, 0.05) is 21.4 Å². The van der Waals surface area contributed by atoms with Gasteiger partial charge in [0.05, 0.1) is 12.1 Å². The van der Waals surface area contributed by atoms with Gasteiger partial charge >= 0.3 is 0 Å². The summed E-state index contributed by atoms with van der Waals surface area (Å²) in [7, 11) is 0. The highest BCUT2D eigenvalue weighted by molar-refractivity contribution is 7.15. The van der Waals surface area contributed by atoms with Gasteiger partial charge in [-0.25, -0.2) is 4.52 Å². The minimum Gasteiger partial charge on any atom is -0.356 e. The van der Waals surface area contributed by atoms with Crippen molar-refractivity contribution >= 4 is 50.7 Å². The van der Waals surface area contributed by atoms with Crippen molar-refractivity contribution < 1.29 is 9.32 Å². The maximum atomic E-state index is 12.6. The average molecular weight is 438 g/mol. The summed E-state index contributed by atoms with van der Waals surface area (Å²) in [6.07, 6.45) is 0.0762. The Morgan fingerprint density at radius 2 is 2.03 bits per heavy atom. The van der Waals surface area contributed by atoms with Gasteiger partial charge in [-0.1, -0.05) is 35.0 Å². The highest BCUT2D eigenvalue weighted by Gasteiger charge is 2.17. The minimum atomic E-state index is -0.254. The van der Waals surface area contributed by atoms with Gasteiger partial charge < -0.3 is 4.52 Å². The summed E-state index contributed by atoms with van der Waals surface area (Å²) < 4.78 is 7.13. The molecule has 0 unspecified atom stereocenters. The second kappa shape index (κ2) is 7.23. The van der Waals surface area contributed by atoms with Gasteiger partial charge in [-0.2, -0.15) is 4.98 Å². The average Bonchev–Trinajstić information content (AvgIpc) is 3.37. The number of nitrogens with zero attached hydrogens (tertiary/aromatic N) is 4. The van der Waals surface area contributed by atoms with E-state index in [0.29, 0.717) is 21.3 Å². The summed E-state index contributed by atoms with van der Waals surface area (Å²) in [6, 6.07) is 11.5. The van der Waals surface area contributed by atoms with Gasteiger partial charge in [0.1, 0.15) is 5.69 Å². The first kappa shape index (κ1) is 18.8. The van der Waals surface area contributed by atoms with Crippen molar-refractivity contribution in [3.63, 3.8) is 0 Å². The molecule has 0 aliphatic carbocycles. The molecule has 5 rings (SSSR count). The van der Waals surface area contributed by atoms with E-state index in [1.54, 1.807) is 4.52 Å². The Balaban J connectivity index is 1.38. The van der Waals surface area contributed by atoms with Crippen LogP contribution in [0.25, 0.3) is 27.2 Å². The summed E-state index contributed by atoms with van der Waals surface area (Å²) in [5.41, 5.74) is 5.24. The lowest BCUT2D eigenvalue weighted by Crippen LogP contribution is -2.15. The summed E-state index contributed by atoms with van der Waals surface area (Å²) in [5.74, 6) is -0.00196. The Hall–Kier alpha value is -3.23. The Kier molecular flexibility index (Phi) is 4.52. The molecule has 0 saturated carbocycles. The Morgan fingerprint density at radius 3 is 2.83 bits per heavy atom. The first-order valence-corrected chi connectivity index (χ1v) is 10.5. The second-order valence-corrected chi connectivity index (χ2v) is 8.34. The predicted octanol–water partition coefficient (Wildman–Crippen LogP) is 5.05. The van der Waals surface area contributed by atoms with E-state index in [-0.39, 0.29) is 18.3 Å². The number of carbonyl (C=O) groups is 1. The van der Waals surface area contributed by atoms with Gasteiger partial charge in [0.2, 0.25) is 16.8 Å². The molecular formula is C21H16ClN5O2S. The number of hydrogen-bond acceptors (Lipinski definition) is 6. The topological polar surface area (TPSA) is 85.3 Å². The zero-order valence-corrected chi connectivity index (χ0v) is 17.7. The lowest BCUT2D eigenvalue weighted by Gasteiger charge is -2.01. The molecule has 0 radical (unpaired) electrons. The minimum absolute atomic E-state index is 0.0762. The van der Waals surface area contributed by atoms with Crippen molar-refractivity contribution in [1.29, 1.82) is 0 Å². The lowest BCUT2D eigenvalue weighted by molar-refractivity contribution is -0.115. The second-order valence-electron chi connectivity index (χ2n) is 7.07. The molecule has 30 heavy (non-hydrogen) atoms. The number of benzene rings is 2. The van der Waals surface area contributed by atoms with E-state index < -0.39 is 0 Å². The van der Waals surface area contributed by atoms with Gasteiger partial charge in [0.15, 0.2) is 5.58 Å². The molecule has 0 bridgehead atoms. The number of amides is 1. The van der Waals surface area contributed by atoms with Crippen LogP contribution in [0.5, 0.6) is 0 Å². The van der Waals surface area contributed by atoms with Crippen LogP contribution in [0.15, 0.2) is 46.3 Å². The molecule has 0 saturated heterocycles. The van der Waals surface area contributed by atoms with Crippen LogP contribution >= 0.6 is 22.9 Å². The third-order valence-electron chi connectivity index (χ3n) is 4.78. The van der Waals surface area contributed by atoms with E-state index in [0.717, 1.165) is 27.8 Å². The Labute approximate surface area is 180 Å². The fourth-order valence-electron chi connectivity index (χ4n) is 3.44. The standard InChI is InChI=1S/C21H16ClN5O2S/c1-11-7-12(2)19-15(8-11)16(26-29-19)9-18(28)23-20-24-21-27(25-20)17(10-30-21)13-3-5-14(22)6-4-13/h3-8,10H,9H2,1-2H3,(H,23,25,28). The number of thiazole rings is 1. The van der Waals surface area contributed by atoms with E-state index in [4.69, 9.17) is 16.1 Å². The zero-order valence-electron chi connectivity index (χ0n) is 16.1. The largest absolute Gasteiger partial charge is 0.356 e. The van der Waals surface area contributed by atoms with Gasteiger partial charge in [-0.05, 0) is 43.2 Å². The predicted molar refractivity (Wildman–Crippen MR) is 117 cm³/mol. The highest BCUT2D eigenvalue weighted by atomic mass is 35.5. The van der Waals surface area contributed by atoms with Crippen LogP contribution in [0.4, 0.5) is 5.95 Å². The van der Waals surface area contributed by atoms with E-state index in [1.165, 1.54) is 11.3 Å². The molecule has 7 nitrogen and oxygen atoms in total. The molecular weight excluding hydrogens is 422 g/mol. The van der Waals surface area contributed by atoms with Crippen LogP contribution < -0.4 is 5.32 Å².